The number of furan rings is 1. The van der Waals surface area contributed by atoms with E-state index >= 15 is 0 Å². The Morgan fingerprint density at radius 2 is 2.25 bits per heavy atom. The summed E-state index contributed by atoms with van der Waals surface area (Å²) in [5.41, 5.74) is 6.47. The van der Waals surface area contributed by atoms with Gasteiger partial charge in [-0.25, -0.2) is 0 Å². The highest BCUT2D eigenvalue weighted by Crippen LogP contribution is 2.01. The lowest BCUT2D eigenvalue weighted by atomic mass is 10.4. The molecule has 2 N–H and O–H groups in total. The van der Waals surface area contributed by atoms with Crippen molar-refractivity contribution in [2.75, 3.05) is 5.73 Å². The molecule has 2 rings (SSSR count). The zero-order valence-electron chi connectivity index (χ0n) is 6.86. The minimum Gasteiger partial charge on any atom is -0.449 e. The number of thiophene rings is 1. The van der Waals surface area contributed by atoms with Crippen LogP contribution in [0, 0.1) is 6.92 Å². The predicted octanol–water partition coefficient (Wildman–Crippen LogP) is 2.92. The van der Waals surface area contributed by atoms with Gasteiger partial charge in [-0.15, -0.1) is 0 Å². The quantitative estimate of drug-likeness (QED) is 0.678. The molecule has 0 aliphatic carbocycles. The predicted molar refractivity (Wildman–Crippen MR) is 52.2 cm³/mol. The standard InChI is InChI=1S/C5H6S.C4H5NO/c1-5-2-3-6-4-5;5-4-2-1-3-6-4/h2-4H,1H3;1-3H,5H2. The van der Waals surface area contributed by atoms with Gasteiger partial charge in [-0.2, -0.15) is 11.3 Å². The van der Waals surface area contributed by atoms with Crippen molar-refractivity contribution in [1.29, 1.82) is 0 Å². The lowest BCUT2D eigenvalue weighted by molar-refractivity contribution is 0.588. The molecule has 0 aliphatic heterocycles. The van der Waals surface area contributed by atoms with Gasteiger partial charge in [0.25, 0.3) is 0 Å². The Kier molecular flexibility index (Phi) is 3.41. The zero-order chi connectivity index (χ0) is 8.81. The SMILES string of the molecule is Cc1ccsc1.Nc1ccco1. The van der Waals surface area contributed by atoms with Crippen LogP contribution in [0.5, 0.6) is 0 Å². The number of hydrogen-bond acceptors (Lipinski definition) is 3. The van der Waals surface area contributed by atoms with E-state index in [0.29, 0.717) is 5.88 Å². The van der Waals surface area contributed by atoms with Crippen molar-refractivity contribution in [3.05, 3.63) is 40.8 Å². The molecule has 3 heteroatoms. The van der Waals surface area contributed by atoms with Crippen LogP contribution in [0.4, 0.5) is 5.88 Å². The molecule has 0 amide bonds. The number of anilines is 1. The maximum Gasteiger partial charge on any atom is 0.190 e. The molecular weight excluding hydrogens is 170 g/mol. The van der Waals surface area contributed by atoms with Gasteiger partial charge < -0.3 is 10.2 Å². The third-order valence-corrected chi connectivity index (χ3v) is 2.01. The third-order valence-electron chi connectivity index (χ3n) is 1.21. The summed E-state index contributed by atoms with van der Waals surface area (Å²) in [7, 11) is 0. The highest BCUT2D eigenvalue weighted by molar-refractivity contribution is 7.07. The van der Waals surface area contributed by atoms with Crippen molar-refractivity contribution in [1.82, 2.24) is 0 Å². The Hall–Kier alpha value is -1.22. The van der Waals surface area contributed by atoms with Crippen molar-refractivity contribution < 1.29 is 4.42 Å². The van der Waals surface area contributed by atoms with Crippen LogP contribution < -0.4 is 5.73 Å². The second-order valence-electron chi connectivity index (χ2n) is 2.32. The molecule has 2 heterocycles. The van der Waals surface area contributed by atoms with Crippen LogP contribution in [-0.2, 0) is 0 Å². The molecule has 2 aromatic rings. The molecule has 2 nitrogen and oxygen atoms in total. The summed E-state index contributed by atoms with van der Waals surface area (Å²) < 4.78 is 4.61. The van der Waals surface area contributed by atoms with Crippen LogP contribution >= 0.6 is 11.3 Å². The van der Waals surface area contributed by atoms with Crippen LogP contribution in [0.1, 0.15) is 5.56 Å². The van der Waals surface area contributed by atoms with E-state index in [1.165, 1.54) is 11.8 Å². The number of nitrogens with two attached hydrogens (primary N) is 1. The fourth-order valence-electron chi connectivity index (χ4n) is 0.624. The lowest BCUT2D eigenvalue weighted by Gasteiger charge is -1.70. The Morgan fingerprint density at radius 1 is 1.42 bits per heavy atom. The molecule has 0 atom stereocenters. The van der Waals surface area contributed by atoms with Crippen molar-refractivity contribution in [2.24, 2.45) is 0 Å². The average molecular weight is 181 g/mol. The lowest BCUT2D eigenvalue weighted by Crippen LogP contribution is -1.74. The van der Waals surface area contributed by atoms with Crippen molar-refractivity contribution in [2.45, 2.75) is 6.92 Å². The number of nitrogen functional groups attached to an aromatic ring is 1. The Labute approximate surface area is 75.6 Å². The Bertz CT molecular complexity index is 254. The molecule has 64 valence electrons. The topological polar surface area (TPSA) is 39.2 Å². The summed E-state index contributed by atoms with van der Waals surface area (Å²) in [5, 5.41) is 4.20. The smallest absolute Gasteiger partial charge is 0.190 e. The Morgan fingerprint density at radius 3 is 2.42 bits per heavy atom. The largest absolute Gasteiger partial charge is 0.449 e. The molecule has 0 saturated carbocycles. The van der Waals surface area contributed by atoms with Crippen molar-refractivity contribution in [3.63, 3.8) is 0 Å². The van der Waals surface area contributed by atoms with Crippen molar-refractivity contribution in [3.8, 4) is 0 Å². The molecule has 0 spiro atoms. The second kappa shape index (κ2) is 4.62. The van der Waals surface area contributed by atoms with E-state index in [1.807, 2.05) is 0 Å². The molecular formula is C9H11NOS. The molecule has 12 heavy (non-hydrogen) atoms. The maximum atomic E-state index is 5.11. The molecule has 0 aliphatic rings. The summed E-state index contributed by atoms with van der Waals surface area (Å²) in [5.74, 6) is 0.468. The van der Waals surface area contributed by atoms with Crippen LogP contribution in [0.25, 0.3) is 0 Å². The first-order chi connectivity index (χ1) is 5.79. The van der Waals surface area contributed by atoms with Crippen LogP contribution in [0.3, 0.4) is 0 Å². The summed E-state index contributed by atoms with van der Waals surface area (Å²) in [6.07, 6.45) is 1.54. The summed E-state index contributed by atoms with van der Waals surface area (Å²) in [6.45, 7) is 2.09. The van der Waals surface area contributed by atoms with Gasteiger partial charge in [-0.3, -0.25) is 0 Å². The number of hydrogen-bond donors (Lipinski definition) is 1. The minimum atomic E-state index is 0.468. The van der Waals surface area contributed by atoms with E-state index in [9.17, 15) is 0 Å². The van der Waals surface area contributed by atoms with Crippen molar-refractivity contribution >= 4 is 17.2 Å². The van der Waals surface area contributed by atoms with Crippen LogP contribution in [0.15, 0.2) is 39.6 Å². The molecule has 0 radical (unpaired) electrons. The van der Waals surface area contributed by atoms with Crippen LogP contribution in [-0.4, -0.2) is 0 Å². The van der Waals surface area contributed by atoms with E-state index in [-0.39, 0.29) is 0 Å². The first kappa shape index (κ1) is 8.87. The fraction of sp³-hybridized carbons (Fsp3) is 0.111. The summed E-state index contributed by atoms with van der Waals surface area (Å²) in [6, 6.07) is 5.54. The molecule has 2 aromatic heterocycles. The fourth-order valence-corrected chi connectivity index (χ4v) is 1.29. The van der Waals surface area contributed by atoms with Gasteiger partial charge in [-0.05, 0) is 35.4 Å². The third kappa shape index (κ3) is 3.25. The van der Waals surface area contributed by atoms with Crippen LogP contribution in [0.2, 0.25) is 0 Å². The van der Waals surface area contributed by atoms with E-state index in [4.69, 9.17) is 5.73 Å². The van der Waals surface area contributed by atoms with Gasteiger partial charge in [0.1, 0.15) is 0 Å². The molecule has 0 unspecified atom stereocenters. The van der Waals surface area contributed by atoms with E-state index < -0.39 is 0 Å². The molecule has 0 aromatic carbocycles. The Balaban J connectivity index is 0.000000120. The molecule has 0 fully saturated rings. The number of rotatable bonds is 0. The maximum absolute atomic E-state index is 5.11. The van der Waals surface area contributed by atoms with Gasteiger partial charge in [0.15, 0.2) is 5.88 Å². The normalized spacial score (nSPS) is 8.75. The van der Waals surface area contributed by atoms with Gasteiger partial charge in [0.05, 0.1) is 6.26 Å². The van der Waals surface area contributed by atoms with Gasteiger partial charge >= 0.3 is 0 Å². The average Bonchev–Trinajstić information content (AvgIpc) is 2.63. The van der Waals surface area contributed by atoms with E-state index in [1.54, 1.807) is 23.5 Å². The van der Waals surface area contributed by atoms with E-state index in [0.717, 1.165) is 0 Å². The first-order valence-corrected chi connectivity index (χ1v) is 4.51. The molecule has 0 bridgehead atoms. The van der Waals surface area contributed by atoms with Gasteiger partial charge in [0.2, 0.25) is 0 Å². The summed E-state index contributed by atoms with van der Waals surface area (Å²) in [4.78, 5) is 0. The van der Waals surface area contributed by atoms with Gasteiger partial charge in [0, 0.05) is 6.07 Å². The van der Waals surface area contributed by atoms with Gasteiger partial charge in [-0.1, -0.05) is 0 Å². The highest BCUT2D eigenvalue weighted by atomic mass is 32.1. The zero-order valence-corrected chi connectivity index (χ0v) is 7.67. The second-order valence-corrected chi connectivity index (χ2v) is 3.10. The minimum absolute atomic E-state index is 0.468. The first-order valence-electron chi connectivity index (χ1n) is 3.57. The highest BCUT2D eigenvalue weighted by Gasteiger charge is 1.76. The number of aryl methyl sites for hydroxylation is 1. The monoisotopic (exact) mass is 181 g/mol. The van der Waals surface area contributed by atoms with E-state index in [2.05, 4.69) is 28.2 Å². The molecule has 0 saturated heterocycles. The summed E-state index contributed by atoms with van der Waals surface area (Å²) >= 11 is 1.74.